The molecule has 24 heavy (non-hydrogen) atoms. The number of nitrogens with two attached hydrogens (primary N) is 1. The first-order valence-corrected chi connectivity index (χ1v) is 8.21. The van der Waals surface area contributed by atoms with Crippen molar-refractivity contribution in [1.29, 1.82) is 0 Å². The summed E-state index contributed by atoms with van der Waals surface area (Å²) in [5, 5.41) is 4.25. The lowest BCUT2D eigenvalue weighted by Gasteiger charge is -2.14. The van der Waals surface area contributed by atoms with Gasteiger partial charge in [-0.3, -0.25) is 0 Å². The number of halogens is 2. The summed E-state index contributed by atoms with van der Waals surface area (Å²) < 4.78 is 0. The molecule has 2 aromatic carbocycles. The van der Waals surface area contributed by atoms with Crippen molar-refractivity contribution in [1.82, 2.24) is 9.97 Å². The summed E-state index contributed by atoms with van der Waals surface area (Å²) in [6, 6.07) is 17.1. The molecule has 1 atom stereocenters. The first kappa shape index (κ1) is 16.7. The fraction of sp³-hybridized carbons (Fsp3) is 0.111. The first-order valence-electron chi connectivity index (χ1n) is 7.45. The van der Waals surface area contributed by atoms with Crippen LogP contribution in [0.2, 0.25) is 10.0 Å². The molecular weight excluding hydrogens is 343 g/mol. The highest BCUT2D eigenvalue weighted by Gasteiger charge is 2.08. The molecule has 0 amide bonds. The van der Waals surface area contributed by atoms with E-state index in [2.05, 4.69) is 15.3 Å². The van der Waals surface area contributed by atoms with Gasteiger partial charge in [0.1, 0.15) is 12.1 Å². The van der Waals surface area contributed by atoms with Gasteiger partial charge >= 0.3 is 0 Å². The number of benzene rings is 2. The van der Waals surface area contributed by atoms with Gasteiger partial charge in [-0.2, -0.15) is 0 Å². The molecule has 6 heteroatoms. The number of hydrogen-bond acceptors (Lipinski definition) is 4. The molecule has 0 bridgehead atoms. The minimum absolute atomic E-state index is 0.116. The number of aromatic nitrogens is 2. The third-order valence-corrected chi connectivity index (χ3v) is 4.35. The molecule has 4 nitrogen and oxygen atoms in total. The van der Waals surface area contributed by atoms with Gasteiger partial charge in [0.2, 0.25) is 0 Å². The van der Waals surface area contributed by atoms with E-state index in [4.69, 9.17) is 28.9 Å². The molecule has 3 N–H and O–H groups in total. The van der Waals surface area contributed by atoms with Crippen LogP contribution in [0.3, 0.4) is 0 Å². The van der Waals surface area contributed by atoms with Crippen LogP contribution in [-0.4, -0.2) is 16.5 Å². The molecule has 0 saturated carbocycles. The van der Waals surface area contributed by atoms with E-state index in [1.54, 1.807) is 12.1 Å². The van der Waals surface area contributed by atoms with E-state index in [9.17, 15) is 0 Å². The van der Waals surface area contributed by atoms with Gasteiger partial charge in [0, 0.05) is 24.2 Å². The molecule has 122 valence electrons. The zero-order valence-corrected chi connectivity index (χ0v) is 14.3. The molecule has 3 aromatic rings. The molecule has 1 unspecified atom stereocenters. The van der Waals surface area contributed by atoms with E-state index in [1.165, 1.54) is 6.33 Å². The predicted octanol–water partition coefficient (Wildman–Crippen LogP) is 4.56. The summed E-state index contributed by atoms with van der Waals surface area (Å²) >= 11 is 12.0. The average Bonchev–Trinajstić information content (AvgIpc) is 2.63. The summed E-state index contributed by atoms with van der Waals surface area (Å²) in [5.74, 6) is 0.706. The molecule has 0 aliphatic rings. The minimum Gasteiger partial charge on any atom is -0.368 e. The van der Waals surface area contributed by atoms with Gasteiger partial charge in [0.25, 0.3) is 0 Å². The Bertz CT molecular complexity index is 824. The maximum absolute atomic E-state index is 6.19. The molecule has 1 heterocycles. The lowest BCUT2D eigenvalue weighted by atomic mass is 10.1. The molecular formula is C18H16Cl2N4. The Hall–Kier alpha value is -2.14. The van der Waals surface area contributed by atoms with E-state index in [0.29, 0.717) is 22.4 Å². The smallest absolute Gasteiger partial charge is 0.130 e. The molecule has 0 fully saturated rings. The fourth-order valence-corrected chi connectivity index (χ4v) is 2.60. The van der Waals surface area contributed by atoms with E-state index >= 15 is 0 Å². The Labute approximate surface area is 150 Å². The van der Waals surface area contributed by atoms with Gasteiger partial charge < -0.3 is 11.1 Å². The first-order chi connectivity index (χ1) is 11.6. The van der Waals surface area contributed by atoms with Crippen LogP contribution in [0.15, 0.2) is 60.9 Å². The number of nitrogens with zero attached hydrogens (tertiary/aromatic N) is 2. The lowest BCUT2D eigenvalue weighted by Crippen LogP contribution is -2.20. The molecule has 0 aliphatic heterocycles. The summed E-state index contributed by atoms with van der Waals surface area (Å²) in [4.78, 5) is 8.52. The van der Waals surface area contributed by atoms with Crippen molar-refractivity contribution < 1.29 is 0 Å². The van der Waals surface area contributed by atoms with Crippen LogP contribution in [0.1, 0.15) is 11.6 Å². The molecule has 0 radical (unpaired) electrons. The molecule has 0 spiro atoms. The Morgan fingerprint density at radius 2 is 1.75 bits per heavy atom. The molecule has 0 aliphatic carbocycles. The highest BCUT2D eigenvalue weighted by atomic mass is 35.5. The fourth-order valence-electron chi connectivity index (χ4n) is 2.30. The lowest BCUT2D eigenvalue weighted by molar-refractivity contribution is 0.761. The van der Waals surface area contributed by atoms with Gasteiger partial charge in [-0.25, -0.2) is 9.97 Å². The summed E-state index contributed by atoms with van der Waals surface area (Å²) in [6.07, 6.45) is 1.51. The normalized spacial score (nSPS) is 12.0. The second kappa shape index (κ2) is 7.62. The second-order valence-corrected chi connectivity index (χ2v) is 6.13. The van der Waals surface area contributed by atoms with E-state index < -0.39 is 0 Å². The van der Waals surface area contributed by atoms with Crippen LogP contribution in [0.4, 0.5) is 5.82 Å². The van der Waals surface area contributed by atoms with E-state index in [0.717, 1.165) is 16.8 Å². The van der Waals surface area contributed by atoms with Crippen LogP contribution in [-0.2, 0) is 0 Å². The van der Waals surface area contributed by atoms with Crippen molar-refractivity contribution >= 4 is 29.0 Å². The van der Waals surface area contributed by atoms with Crippen LogP contribution in [0.25, 0.3) is 11.3 Å². The van der Waals surface area contributed by atoms with Gasteiger partial charge in [-0.15, -0.1) is 0 Å². The highest BCUT2D eigenvalue weighted by Crippen LogP contribution is 2.28. The van der Waals surface area contributed by atoms with Crippen molar-refractivity contribution in [2.45, 2.75) is 6.04 Å². The van der Waals surface area contributed by atoms with Crippen molar-refractivity contribution in [2.75, 3.05) is 11.9 Å². The Morgan fingerprint density at radius 1 is 0.958 bits per heavy atom. The van der Waals surface area contributed by atoms with Gasteiger partial charge in [0.05, 0.1) is 15.7 Å². The third kappa shape index (κ3) is 4.03. The Morgan fingerprint density at radius 3 is 2.50 bits per heavy atom. The third-order valence-electron chi connectivity index (χ3n) is 3.61. The minimum atomic E-state index is -0.116. The number of hydrogen-bond donors (Lipinski definition) is 2. The zero-order chi connectivity index (χ0) is 16.9. The monoisotopic (exact) mass is 358 g/mol. The maximum Gasteiger partial charge on any atom is 0.130 e. The van der Waals surface area contributed by atoms with Crippen molar-refractivity contribution in [3.05, 3.63) is 76.5 Å². The summed E-state index contributed by atoms with van der Waals surface area (Å²) in [7, 11) is 0. The quantitative estimate of drug-likeness (QED) is 0.701. The topological polar surface area (TPSA) is 63.8 Å². The molecule has 1 aromatic heterocycles. The van der Waals surface area contributed by atoms with Crippen molar-refractivity contribution in [3.63, 3.8) is 0 Å². The van der Waals surface area contributed by atoms with Crippen molar-refractivity contribution in [2.24, 2.45) is 5.73 Å². The number of nitrogens with one attached hydrogen (secondary N) is 1. The number of rotatable bonds is 5. The van der Waals surface area contributed by atoms with E-state index in [1.807, 2.05) is 42.5 Å². The second-order valence-electron chi connectivity index (χ2n) is 5.32. The van der Waals surface area contributed by atoms with Crippen LogP contribution in [0, 0.1) is 0 Å². The largest absolute Gasteiger partial charge is 0.368 e. The van der Waals surface area contributed by atoms with Gasteiger partial charge in [0.15, 0.2) is 0 Å². The SMILES string of the molecule is NC(CNc1cc(-c2ccc(Cl)c(Cl)c2)ncn1)c1ccccc1. The summed E-state index contributed by atoms with van der Waals surface area (Å²) in [6.45, 7) is 0.571. The van der Waals surface area contributed by atoms with Crippen LogP contribution >= 0.6 is 23.2 Å². The molecule has 0 saturated heterocycles. The van der Waals surface area contributed by atoms with Crippen LogP contribution in [0.5, 0.6) is 0 Å². The zero-order valence-electron chi connectivity index (χ0n) is 12.8. The van der Waals surface area contributed by atoms with E-state index in [-0.39, 0.29) is 6.04 Å². The molecule has 3 rings (SSSR count). The maximum atomic E-state index is 6.19. The highest BCUT2D eigenvalue weighted by molar-refractivity contribution is 6.42. The van der Waals surface area contributed by atoms with Crippen LogP contribution < -0.4 is 11.1 Å². The van der Waals surface area contributed by atoms with Crippen molar-refractivity contribution in [3.8, 4) is 11.3 Å². The Balaban J connectivity index is 1.72. The average molecular weight is 359 g/mol. The standard InChI is InChI=1S/C18H16Cl2N4/c19-14-7-6-13(8-15(14)20)17-9-18(24-11-23-17)22-10-16(21)12-4-2-1-3-5-12/h1-9,11,16H,10,21H2,(H,22,23,24). The predicted molar refractivity (Wildman–Crippen MR) is 99.3 cm³/mol. The number of anilines is 1. The summed E-state index contributed by atoms with van der Waals surface area (Å²) in [5.41, 5.74) is 8.90. The van der Waals surface area contributed by atoms with Gasteiger partial charge in [-0.05, 0) is 17.7 Å². The van der Waals surface area contributed by atoms with Gasteiger partial charge in [-0.1, -0.05) is 59.6 Å². The Kier molecular flexibility index (Phi) is 5.30.